The van der Waals surface area contributed by atoms with Crippen molar-refractivity contribution in [3.63, 3.8) is 0 Å². The molecule has 0 spiro atoms. The molecule has 3 rings (SSSR count). The number of benzene rings is 2. The Morgan fingerprint density at radius 1 is 1.17 bits per heavy atom. The van der Waals surface area contributed by atoms with Gasteiger partial charge in [-0.25, -0.2) is 4.98 Å². The van der Waals surface area contributed by atoms with Crippen LogP contribution in [0.25, 0.3) is 21.3 Å². The third-order valence-electron chi connectivity index (χ3n) is 2.84. The van der Waals surface area contributed by atoms with Crippen LogP contribution in [0.3, 0.4) is 0 Å². The minimum absolute atomic E-state index is 0.419. The summed E-state index contributed by atoms with van der Waals surface area (Å²) in [6.45, 7) is 0. The largest absolute Gasteiger partial charge is 0.366 e. The first-order valence-electron chi connectivity index (χ1n) is 5.49. The standard InChI is InChI=1S/C14H10N2OS/c15-13(17)12-10-4-2-1-3-9(10)5-6-11(12)14-16-7-8-18-14/h1-8H,(H2,15,17). The number of rotatable bonds is 2. The van der Waals surface area contributed by atoms with Crippen LogP contribution >= 0.6 is 11.3 Å². The van der Waals surface area contributed by atoms with Crippen LogP contribution < -0.4 is 5.73 Å². The van der Waals surface area contributed by atoms with Crippen molar-refractivity contribution >= 4 is 28.0 Å². The van der Waals surface area contributed by atoms with Crippen LogP contribution in [0.4, 0.5) is 0 Å². The fourth-order valence-corrected chi connectivity index (χ4v) is 2.74. The second-order valence-electron chi connectivity index (χ2n) is 3.91. The lowest BCUT2D eigenvalue weighted by Crippen LogP contribution is -2.13. The van der Waals surface area contributed by atoms with E-state index in [4.69, 9.17) is 5.73 Å². The molecular weight excluding hydrogens is 244 g/mol. The topological polar surface area (TPSA) is 56.0 Å². The van der Waals surface area contributed by atoms with Gasteiger partial charge in [0, 0.05) is 17.1 Å². The lowest BCUT2D eigenvalue weighted by atomic mass is 9.99. The number of carbonyl (C=O) groups excluding carboxylic acids is 1. The molecule has 0 aliphatic heterocycles. The Morgan fingerprint density at radius 3 is 2.72 bits per heavy atom. The normalized spacial score (nSPS) is 10.7. The Hall–Kier alpha value is -2.20. The van der Waals surface area contributed by atoms with Crippen LogP contribution in [0.15, 0.2) is 48.0 Å². The third kappa shape index (κ3) is 1.67. The van der Waals surface area contributed by atoms with E-state index in [1.165, 1.54) is 11.3 Å². The molecule has 0 saturated carbocycles. The first kappa shape index (κ1) is 10.9. The molecule has 0 aliphatic rings. The van der Waals surface area contributed by atoms with Gasteiger partial charge in [0.05, 0.1) is 5.56 Å². The van der Waals surface area contributed by atoms with Gasteiger partial charge >= 0.3 is 0 Å². The Balaban J connectivity index is 2.39. The summed E-state index contributed by atoms with van der Waals surface area (Å²) >= 11 is 1.50. The zero-order chi connectivity index (χ0) is 12.5. The highest BCUT2D eigenvalue weighted by Gasteiger charge is 2.15. The molecule has 0 saturated heterocycles. The predicted octanol–water partition coefficient (Wildman–Crippen LogP) is 3.06. The van der Waals surface area contributed by atoms with E-state index >= 15 is 0 Å². The van der Waals surface area contributed by atoms with Crippen molar-refractivity contribution in [1.82, 2.24) is 4.98 Å². The van der Waals surface area contributed by atoms with Gasteiger partial charge in [-0.15, -0.1) is 11.3 Å². The summed E-state index contributed by atoms with van der Waals surface area (Å²) in [5, 5.41) is 4.58. The van der Waals surface area contributed by atoms with Crippen molar-refractivity contribution in [2.75, 3.05) is 0 Å². The van der Waals surface area contributed by atoms with E-state index in [0.717, 1.165) is 21.3 Å². The summed E-state index contributed by atoms with van der Waals surface area (Å²) in [6.07, 6.45) is 1.72. The van der Waals surface area contributed by atoms with Crippen LogP contribution in [0.1, 0.15) is 10.4 Å². The number of thiazole rings is 1. The maximum absolute atomic E-state index is 11.7. The Bertz CT molecular complexity index is 720. The molecule has 18 heavy (non-hydrogen) atoms. The molecule has 0 atom stereocenters. The van der Waals surface area contributed by atoms with Crippen molar-refractivity contribution in [3.8, 4) is 10.6 Å². The van der Waals surface area contributed by atoms with Gasteiger partial charge in [-0.3, -0.25) is 4.79 Å². The fourth-order valence-electron chi connectivity index (χ4n) is 2.07. The molecule has 88 valence electrons. The van der Waals surface area contributed by atoms with E-state index in [0.29, 0.717) is 5.56 Å². The van der Waals surface area contributed by atoms with Gasteiger partial charge in [0.2, 0.25) is 5.91 Å². The number of nitrogens with two attached hydrogens (primary N) is 1. The van der Waals surface area contributed by atoms with Crippen LogP contribution in [0.2, 0.25) is 0 Å². The lowest BCUT2D eigenvalue weighted by molar-refractivity contribution is 0.100. The first-order valence-corrected chi connectivity index (χ1v) is 6.37. The summed E-state index contributed by atoms with van der Waals surface area (Å²) in [4.78, 5) is 16.0. The van der Waals surface area contributed by atoms with Gasteiger partial charge in [0.15, 0.2) is 0 Å². The third-order valence-corrected chi connectivity index (χ3v) is 3.64. The maximum Gasteiger partial charge on any atom is 0.250 e. The average Bonchev–Trinajstić information content (AvgIpc) is 2.90. The smallest absolute Gasteiger partial charge is 0.250 e. The lowest BCUT2D eigenvalue weighted by Gasteiger charge is -2.08. The Labute approximate surface area is 108 Å². The van der Waals surface area contributed by atoms with E-state index in [2.05, 4.69) is 4.98 Å². The van der Waals surface area contributed by atoms with Crippen molar-refractivity contribution in [1.29, 1.82) is 0 Å². The second kappa shape index (κ2) is 4.23. The quantitative estimate of drug-likeness (QED) is 0.764. The van der Waals surface area contributed by atoms with Gasteiger partial charge < -0.3 is 5.73 Å². The molecule has 1 amide bonds. The van der Waals surface area contributed by atoms with E-state index in [9.17, 15) is 4.79 Å². The molecule has 0 bridgehead atoms. The molecule has 2 aromatic carbocycles. The highest BCUT2D eigenvalue weighted by molar-refractivity contribution is 7.13. The number of primary amides is 1. The van der Waals surface area contributed by atoms with E-state index in [1.54, 1.807) is 6.20 Å². The number of aromatic nitrogens is 1. The van der Waals surface area contributed by atoms with E-state index in [1.807, 2.05) is 41.8 Å². The summed E-state index contributed by atoms with van der Waals surface area (Å²) in [7, 11) is 0. The number of amides is 1. The van der Waals surface area contributed by atoms with E-state index in [-0.39, 0.29) is 0 Å². The monoisotopic (exact) mass is 254 g/mol. The minimum atomic E-state index is -0.419. The van der Waals surface area contributed by atoms with Gasteiger partial charge in [-0.05, 0) is 10.8 Å². The molecule has 0 unspecified atom stereocenters. The van der Waals surface area contributed by atoms with Gasteiger partial charge in [-0.1, -0.05) is 36.4 Å². The molecule has 1 heterocycles. The van der Waals surface area contributed by atoms with Crippen LogP contribution in [0.5, 0.6) is 0 Å². The van der Waals surface area contributed by atoms with Crippen LogP contribution in [-0.4, -0.2) is 10.9 Å². The number of carbonyl (C=O) groups is 1. The molecule has 3 aromatic rings. The van der Waals surface area contributed by atoms with Crippen LogP contribution in [-0.2, 0) is 0 Å². The number of hydrogen-bond acceptors (Lipinski definition) is 3. The molecule has 0 fully saturated rings. The van der Waals surface area contributed by atoms with E-state index < -0.39 is 5.91 Å². The summed E-state index contributed by atoms with van der Waals surface area (Å²) in [5.74, 6) is -0.419. The summed E-state index contributed by atoms with van der Waals surface area (Å²) < 4.78 is 0. The number of nitrogens with zero attached hydrogens (tertiary/aromatic N) is 1. The average molecular weight is 254 g/mol. The van der Waals surface area contributed by atoms with Gasteiger partial charge in [0.1, 0.15) is 5.01 Å². The second-order valence-corrected chi connectivity index (χ2v) is 4.81. The summed E-state index contributed by atoms with van der Waals surface area (Å²) in [6, 6.07) is 11.6. The first-order chi connectivity index (χ1) is 8.77. The summed E-state index contributed by atoms with van der Waals surface area (Å²) in [5.41, 5.74) is 6.87. The van der Waals surface area contributed by atoms with Gasteiger partial charge in [-0.2, -0.15) is 0 Å². The predicted molar refractivity (Wildman–Crippen MR) is 73.6 cm³/mol. The number of hydrogen-bond donors (Lipinski definition) is 1. The zero-order valence-corrected chi connectivity index (χ0v) is 10.3. The zero-order valence-electron chi connectivity index (χ0n) is 9.46. The fraction of sp³-hybridized carbons (Fsp3) is 0. The minimum Gasteiger partial charge on any atom is -0.366 e. The highest BCUT2D eigenvalue weighted by atomic mass is 32.1. The highest BCUT2D eigenvalue weighted by Crippen LogP contribution is 2.31. The molecule has 0 aliphatic carbocycles. The van der Waals surface area contributed by atoms with Crippen molar-refractivity contribution < 1.29 is 4.79 Å². The SMILES string of the molecule is NC(=O)c1c(-c2nccs2)ccc2ccccc12. The Morgan fingerprint density at radius 2 is 2.00 bits per heavy atom. The molecule has 4 heteroatoms. The van der Waals surface area contributed by atoms with Crippen molar-refractivity contribution in [2.45, 2.75) is 0 Å². The molecule has 2 N–H and O–H groups in total. The molecule has 0 radical (unpaired) electrons. The maximum atomic E-state index is 11.7. The van der Waals surface area contributed by atoms with Crippen LogP contribution in [0, 0.1) is 0 Å². The van der Waals surface area contributed by atoms with Crippen molar-refractivity contribution in [3.05, 3.63) is 53.5 Å². The van der Waals surface area contributed by atoms with Gasteiger partial charge in [0.25, 0.3) is 0 Å². The molecular formula is C14H10N2OS. The molecule has 1 aromatic heterocycles. The van der Waals surface area contributed by atoms with Crippen molar-refractivity contribution in [2.24, 2.45) is 5.73 Å². The number of fused-ring (bicyclic) bond motifs is 1. The Kier molecular flexibility index (Phi) is 2.57. The molecule has 3 nitrogen and oxygen atoms in total.